The Morgan fingerprint density at radius 3 is 2.70 bits per heavy atom. The van der Waals surface area contributed by atoms with E-state index in [4.69, 9.17) is 4.74 Å². The Bertz CT molecular complexity index is 411. The van der Waals surface area contributed by atoms with Crippen LogP contribution in [-0.4, -0.2) is 44.5 Å². The molecule has 0 aliphatic heterocycles. The number of carbonyl (C=O) groups is 1. The topological polar surface area (TPSA) is 50.4 Å². The lowest BCUT2D eigenvalue weighted by atomic mass is 10.2. The third-order valence-corrected chi connectivity index (χ3v) is 3.65. The summed E-state index contributed by atoms with van der Waals surface area (Å²) in [7, 11) is 1.67. The highest BCUT2D eigenvalue weighted by molar-refractivity contribution is 8.00. The normalized spacial score (nSPS) is 10.8. The van der Waals surface area contributed by atoms with Crippen molar-refractivity contribution in [3.8, 4) is 0 Å². The molecule has 0 heterocycles. The Morgan fingerprint density at radius 1 is 1.25 bits per heavy atom. The van der Waals surface area contributed by atoms with Crippen LogP contribution in [0.4, 0.5) is 0 Å². The lowest BCUT2D eigenvalue weighted by Gasteiger charge is -2.11. The van der Waals surface area contributed by atoms with Crippen LogP contribution >= 0.6 is 11.8 Å². The number of carbonyl (C=O) groups excluding carboxylic acids is 1. The maximum Gasteiger partial charge on any atom is 0.252 e. The second kappa shape index (κ2) is 9.80. The van der Waals surface area contributed by atoms with E-state index in [0.29, 0.717) is 18.4 Å². The van der Waals surface area contributed by atoms with Gasteiger partial charge in [-0.1, -0.05) is 26.0 Å². The van der Waals surface area contributed by atoms with Crippen molar-refractivity contribution < 1.29 is 9.53 Å². The monoisotopic (exact) mass is 296 g/mol. The van der Waals surface area contributed by atoms with Crippen LogP contribution in [0.2, 0.25) is 0 Å². The number of amides is 1. The van der Waals surface area contributed by atoms with Gasteiger partial charge in [0.15, 0.2) is 0 Å². The zero-order valence-corrected chi connectivity index (χ0v) is 13.3. The average molecular weight is 296 g/mol. The van der Waals surface area contributed by atoms with Crippen LogP contribution in [-0.2, 0) is 4.74 Å². The summed E-state index contributed by atoms with van der Waals surface area (Å²) in [5, 5.41) is 6.59. The Morgan fingerprint density at radius 2 is 2.00 bits per heavy atom. The summed E-state index contributed by atoms with van der Waals surface area (Å²) in [6, 6.07) is 7.73. The fraction of sp³-hybridized carbons (Fsp3) is 0.533. The van der Waals surface area contributed by atoms with Crippen molar-refractivity contribution in [2.45, 2.75) is 24.0 Å². The van der Waals surface area contributed by atoms with Gasteiger partial charge in [0.1, 0.15) is 0 Å². The van der Waals surface area contributed by atoms with Gasteiger partial charge in [-0.25, -0.2) is 0 Å². The first-order chi connectivity index (χ1) is 9.65. The molecular formula is C15H24N2O2S. The molecule has 20 heavy (non-hydrogen) atoms. The van der Waals surface area contributed by atoms with Crippen molar-refractivity contribution in [2.75, 3.05) is 33.4 Å². The van der Waals surface area contributed by atoms with Gasteiger partial charge in [0, 0.05) is 36.9 Å². The van der Waals surface area contributed by atoms with Crippen molar-refractivity contribution in [2.24, 2.45) is 0 Å². The molecule has 1 aromatic carbocycles. The standard InChI is InChI=1S/C15H24N2O2S/c1-12(2)20-14-7-5-4-6-13(14)15(18)17-9-8-16-10-11-19-3/h4-7,12,16H,8-11H2,1-3H3,(H,17,18). The largest absolute Gasteiger partial charge is 0.383 e. The molecular weight excluding hydrogens is 272 g/mol. The molecule has 0 saturated carbocycles. The van der Waals surface area contributed by atoms with Crippen molar-refractivity contribution in [1.29, 1.82) is 0 Å². The van der Waals surface area contributed by atoms with Gasteiger partial charge in [-0.05, 0) is 12.1 Å². The van der Waals surface area contributed by atoms with Crippen molar-refractivity contribution >= 4 is 17.7 Å². The van der Waals surface area contributed by atoms with Gasteiger partial charge in [0.2, 0.25) is 0 Å². The fourth-order valence-electron chi connectivity index (χ4n) is 1.67. The van der Waals surface area contributed by atoms with Crippen LogP contribution in [0.25, 0.3) is 0 Å². The van der Waals surface area contributed by atoms with Crippen LogP contribution in [0.3, 0.4) is 0 Å². The van der Waals surface area contributed by atoms with Crippen molar-refractivity contribution in [3.63, 3.8) is 0 Å². The van der Waals surface area contributed by atoms with Crippen LogP contribution in [0, 0.1) is 0 Å². The minimum atomic E-state index is -0.0118. The van der Waals surface area contributed by atoms with E-state index < -0.39 is 0 Å². The summed E-state index contributed by atoms with van der Waals surface area (Å²) < 4.78 is 4.94. The van der Waals surface area contributed by atoms with E-state index >= 15 is 0 Å². The summed E-state index contributed by atoms with van der Waals surface area (Å²) in [5.41, 5.74) is 0.753. The number of ether oxygens (including phenoxy) is 1. The van der Waals surface area contributed by atoms with Gasteiger partial charge in [0.05, 0.1) is 12.2 Å². The molecule has 1 amide bonds. The van der Waals surface area contributed by atoms with Crippen molar-refractivity contribution in [3.05, 3.63) is 29.8 Å². The van der Waals surface area contributed by atoms with E-state index in [9.17, 15) is 4.79 Å². The molecule has 0 aliphatic rings. The molecule has 0 aliphatic carbocycles. The van der Waals surface area contributed by atoms with E-state index in [0.717, 1.165) is 23.5 Å². The lowest BCUT2D eigenvalue weighted by molar-refractivity contribution is 0.0951. The highest BCUT2D eigenvalue weighted by atomic mass is 32.2. The maximum atomic E-state index is 12.2. The zero-order chi connectivity index (χ0) is 14.8. The number of methoxy groups -OCH3 is 1. The number of hydrogen-bond acceptors (Lipinski definition) is 4. The lowest BCUT2D eigenvalue weighted by Crippen LogP contribution is -2.33. The Labute approximate surface area is 125 Å². The molecule has 0 atom stereocenters. The first kappa shape index (κ1) is 17.0. The highest BCUT2D eigenvalue weighted by Gasteiger charge is 2.11. The zero-order valence-electron chi connectivity index (χ0n) is 12.4. The summed E-state index contributed by atoms with van der Waals surface area (Å²) >= 11 is 1.71. The Balaban J connectivity index is 2.43. The van der Waals surface area contributed by atoms with E-state index in [1.807, 2.05) is 24.3 Å². The van der Waals surface area contributed by atoms with E-state index in [2.05, 4.69) is 24.5 Å². The van der Waals surface area contributed by atoms with Crippen LogP contribution in [0.5, 0.6) is 0 Å². The second-order valence-electron chi connectivity index (χ2n) is 4.66. The molecule has 1 aromatic rings. The average Bonchev–Trinajstić information content (AvgIpc) is 2.42. The second-order valence-corrected chi connectivity index (χ2v) is 6.28. The third kappa shape index (κ3) is 6.41. The van der Waals surface area contributed by atoms with Gasteiger partial charge in [-0.3, -0.25) is 4.79 Å². The molecule has 0 spiro atoms. The molecule has 0 saturated heterocycles. The Kier molecular flexibility index (Phi) is 8.34. The molecule has 0 aromatic heterocycles. The molecule has 4 nitrogen and oxygen atoms in total. The third-order valence-electron chi connectivity index (χ3n) is 2.56. The van der Waals surface area contributed by atoms with Gasteiger partial charge < -0.3 is 15.4 Å². The minimum Gasteiger partial charge on any atom is -0.383 e. The van der Waals surface area contributed by atoms with E-state index in [-0.39, 0.29) is 5.91 Å². The Hall–Kier alpha value is -1.04. The molecule has 2 N–H and O–H groups in total. The predicted octanol–water partition coefficient (Wildman–Crippen LogP) is 2.15. The van der Waals surface area contributed by atoms with Crippen LogP contribution in [0.15, 0.2) is 29.2 Å². The molecule has 0 radical (unpaired) electrons. The maximum absolute atomic E-state index is 12.2. The number of hydrogen-bond donors (Lipinski definition) is 2. The summed E-state index contributed by atoms with van der Waals surface area (Å²) in [6.07, 6.45) is 0. The van der Waals surface area contributed by atoms with E-state index in [1.54, 1.807) is 18.9 Å². The first-order valence-electron chi connectivity index (χ1n) is 6.88. The summed E-state index contributed by atoms with van der Waals surface area (Å²) in [6.45, 7) is 7.09. The molecule has 5 heteroatoms. The predicted molar refractivity (Wildman–Crippen MR) is 84.5 cm³/mol. The number of nitrogens with one attached hydrogen (secondary N) is 2. The van der Waals surface area contributed by atoms with Gasteiger partial charge in [-0.2, -0.15) is 0 Å². The molecule has 112 valence electrons. The number of benzene rings is 1. The highest BCUT2D eigenvalue weighted by Crippen LogP contribution is 2.26. The molecule has 0 unspecified atom stereocenters. The van der Waals surface area contributed by atoms with Crippen LogP contribution in [0.1, 0.15) is 24.2 Å². The van der Waals surface area contributed by atoms with Gasteiger partial charge in [-0.15, -0.1) is 11.8 Å². The summed E-state index contributed by atoms with van der Waals surface area (Å²) in [5.74, 6) is -0.0118. The fourth-order valence-corrected chi connectivity index (χ4v) is 2.62. The van der Waals surface area contributed by atoms with Crippen molar-refractivity contribution in [1.82, 2.24) is 10.6 Å². The number of rotatable bonds is 9. The van der Waals surface area contributed by atoms with Gasteiger partial charge >= 0.3 is 0 Å². The molecule has 0 fully saturated rings. The van der Waals surface area contributed by atoms with Crippen LogP contribution < -0.4 is 10.6 Å². The smallest absolute Gasteiger partial charge is 0.252 e. The molecule has 0 bridgehead atoms. The number of thioether (sulfide) groups is 1. The first-order valence-corrected chi connectivity index (χ1v) is 7.76. The quantitative estimate of drug-likeness (QED) is 0.541. The van der Waals surface area contributed by atoms with Gasteiger partial charge in [0.25, 0.3) is 5.91 Å². The molecule has 1 rings (SSSR count). The minimum absolute atomic E-state index is 0.0118. The summed E-state index contributed by atoms with van der Waals surface area (Å²) in [4.78, 5) is 13.2. The SMILES string of the molecule is COCCNCCNC(=O)c1ccccc1SC(C)C. The van der Waals surface area contributed by atoms with E-state index in [1.165, 1.54) is 0 Å².